The summed E-state index contributed by atoms with van der Waals surface area (Å²) in [5.41, 5.74) is 1.20. The number of halogens is 3. The third kappa shape index (κ3) is 4.02. The topological polar surface area (TPSA) is 49.3 Å². The summed E-state index contributed by atoms with van der Waals surface area (Å²) in [5.74, 6) is -0.0418. The van der Waals surface area contributed by atoms with Gasteiger partial charge in [-0.3, -0.25) is 4.79 Å². The minimum atomic E-state index is -4.46. The Morgan fingerprint density at radius 1 is 1.24 bits per heavy atom. The highest BCUT2D eigenvalue weighted by atomic mass is 32.1. The second kappa shape index (κ2) is 7.15. The maximum atomic E-state index is 12.4. The molecule has 136 valence electrons. The maximum absolute atomic E-state index is 12.4. The van der Waals surface area contributed by atoms with E-state index in [1.54, 1.807) is 11.3 Å². The third-order valence-corrected chi connectivity index (χ3v) is 5.16. The van der Waals surface area contributed by atoms with Crippen LogP contribution in [-0.4, -0.2) is 53.1 Å². The monoisotopic (exact) mass is 372 g/mol. The first kappa shape index (κ1) is 17.9. The lowest BCUT2D eigenvalue weighted by atomic mass is 10.1. The number of carbonyl (C=O) groups is 1. The zero-order valence-corrected chi connectivity index (χ0v) is 14.7. The fourth-order valence-electron chi connectivity index (χ4n) is 3.06. The molecular weight excluding hydrogens is 353 g/mol. The number of thiophene rings is 1. The van der Waals surface area contributed by atoms with Crippen molar-refractivity contribution in [3.8, 4) is 0 Å². The van der Waals surface area contributed by atoms with E-state index in [4.69, 9.17) is 0 Å². The molecule has 0 spiro atoms. The number of anilines is 1. The molecule has 1 aliphatic heterocycles. The van der Waals surface area contributed by atoms with Gasteiger partial charge in [-0.25, -0.2) is 9.97 Å². The maximum Gasteiger partial charge on any atom is 0.397 e. The molecule has 0 unspecified atom stereocenters. The summed E-state index contributed by atoms with van der Waals surface area (Å²) in [6.45, 7) is 3.59. The van der Waals surface area contributed by atoms with E-state index < -0.39 is 18.5 Å². The van der Waals surface area contributed by atoms with Crippen LogP contribution in [0.25, 0.3) is 10.2 Å². The number of carbonyl (C=O) groups excluding carboxylic acids is 1. The highest BCUT2D eigenvalue weighted by Crippen LogP contribution is 2.32. The van der Waals surface area contributed by atoms with Gasteiger partial charge < -0.3 is 9.80 Å². The quantitative estimate of drug-likeness (QED) is 0.827. The van der Waals surface area contributed by atoms with Crippen molar-refractivity contribution < 1.29 is 18.0 Å². The van der Waals surface area contributed by atoms with Crippen LogP contribution in [0.2, 0.25) is 0 Å². The lowest BCUT2D eigenvalue weighted by Crippen LogP contribution is -2.49. The van der Waals surface area contributed by atoms with Crippen molar-refractivity contribution in [3.05, 3.63) is 17.3 Å². The molecule has 0 radical (unpaired) electrons. The molecule has 0 N–H and O–H groups in total. The molecule has 1 saturated heterocycles. The van der Waals surface area contributed by atoms with Crippen LogP contribution in [-0.2, 0) is 11.2 Å². The number of aromatic nitrogens is 2. The van der Waals surface area contributed by atoms with E-state index in [1.165, 1.54) is 16.8 Å². The Balaban J connectivity index is 1.74. The summed E-state index contributed by atoms with van der Waals surface area (Å²) >= 11 is 1.58. The van der Waals surface area contributed by atoms with Crippen molar-refractivity contribution in [2.45, 2.75) is 32.4 Å². The average molecular weight is 372 g/mol. The minimum Gasteiger partial charge on any atom is -0.352 e. The van der Waals surface area contributed by atoms with Gasteiger partial charge in [0.2, 0.25) is 5.91 Å². The van der Waals surface area contributed by atoms with Crippen LogP contribution in [0.3, 0.4) is 0 Å². The van der Waals surface area contributed by atoms with Gasteiger partial charge in [-0.1, -0.05) is 13.3 Å². The Hall–Kier alpha value is -1.90. The van der Waals surface area contributed by atoms with Crippen LogP contribution < -0.4 is 4.90 Å². The number of amides is 1. The molecule has 2 aromatic heterocycles. The molecule has 0 saturated carbocycles. The van der Waals surface area contributed by atoms with E-state index in [0.29, 0.717) is 13.1 Å². The van der Waals surface area contributed by atoms with Gasteiger partial charge in [0, 0.05) is 26.2 Å². The van der Waals surface area contributed by atoms with Crippen LogP contribution in [0.5, 0.6) is 0 Å². The molecule has 1 amide bonds. The van der Waals surface area contributed by atoms with E-state index in [0.717, 1.165) is 28.9 Å². The lowest BCUT2D eigenvalue weighted by Gasteiger charge is -2.35. The van der Waals surface area contributed by atoms with Crippen molar-refractivity contribution in [2.24, 2.45) is 0 Å². The highest BCUT2D eigenvalue weighted by molar-refractivity contribution is 7.17. The second-order valence-electron chi connectivity index (χ2n) is 6.05. The van der Waals surface area contributed by atoms with Gasteiger partial charge >= 0.3 is 6.18 Å². The molecule has 3 heterocycles. The first-order valence-corrected chi connectivity index (χ1v) is 9.07. The molecule has 9 heteroatoms. The number of piperazine rings is 1. The zero-order chi connectivity index (χ0) is 18.0. The molecule has 25 heavy (non-hydrogen) atoms. The third-order valence-electron chi connectivity index (χ3n) is 4.23. The molecule has 1 aliphatic rings. The smallest absolute Gasteiger partial charge is 0.352 e. The Kier molecular flexibility index (Phi) is 5.12. The number of hydrogen-bond acceptors (Lipinski definition) is 5. The molecule has 2 aromatic rings. The molecule has 0 aliphatic carbocycles. The van der Waals surface area contributed by atoms with Crippen LogP contribution in [0, 0.1) is 0 Å². The predicted molar refractivity (Wildman–Crippen MR) is 90.9 cm³/mol. The van der Waals surface area contributed by atoms with Crippen molar-refractivity contribution in [2.75, 3.05) is 31.1 Å². The second-order valence-corrected chi connectivity index (χ2v) is 6.91. The van der Waals surface area contributed by atoms with Crippen molar-refractivity contribution in [3.63, 3.8) is 0 Å². The van der Waals surface area contributed by atoms with E-state index in [1.807, 2.05) is 4.90 Å². The van der Waals surface area contributed by atoms with E-state index in [9.17, 15) is 18.0 Å². The molecule has 5 nitrogen and oxygen atoms in total. The zero-order valence-electron chi connectivity index (χ0n) is 13.8. The van der Waals surface area contributed by atoms with Crippen LogP contribution in [0.1, 0.15) is 25.3 Å². The number of alkyl halides is 3. The molecule has 0 aromatic carbocycles. The van der Waals surface area contributed by atoms with E-state index in [-0.39, 0.29) is 13.1 Å². The van der Waals surface area contributed by atoms with Crippen LogP contribution in [0.4, 0.5) is 19.0 Å². The van der Waals surface area contributed by atoms with Gasteiger partial charge in [0.25, 0.3) is 0 Å². The largest absolute Gasteiger partial charge is 0.397 e. The predicted octanol–water partition coefficient (Wildman–Crippen LogP) is 3.24. The minimum absolute atomic E-state index is 0.271. The molecule has 0 atom stereocenters. The van der Waals surface area contributed by atoms with E-state index >= 15 is 0 Å². The fraction of sp³-hybridized carbons (Fsp3) is 0.562. The number of hydrogen-bond donors (Lipinski definition) is 0. The first-order valence-electron chi connectivity index (χ1n) is 8.19. The van der Waals surface area contributed by atoms with Gasteiger partial charge in [-0.2, -0.15) is 13.2 Å². The summed E-state index contributed by atoms with van der Waals surface area (Å²) in [5, 5.41) is 3.12. The summed E-state index contributed by atoms with van der Waals surface area (Å²) in [4.78, 5) is 24.7. The molecule has 3 rings (SSSR count). The summed E-state index contributed by atoms with van der Waals surface area (Å²) in [6, 6.07) is 0. The SMILES string of the molecule is CCCc1csc2ncnc(N3CCN(C(=O)CC(F)(F)F)CC3)c12. The lowest BCUT2D eigenvalue weighted by molar-refractivity contribution is -0.161. The van der Waals surface area contributed by atoms with Crippen LogP contribution in [0.15, 0.2) is 11.7 Å². The van der Waals surface area contributed by atoms with Gasteiger partial charge in [-0.15, -0.1) is 11.3 Å². The Morgan fingerprint density at radius 3 is 2.60 bits per heavy atom. The summed E-state index contributed by atoms with van der Waals surface area (Å²) in [6.07, 6.45) is -2.38. The average Bonchev–Trinajstić information content (AvgIpc) is 2.97. The molecule has 0 bridgehead atoms. The molecule has 1 fully saturated rings. The normalized spacial score (nSPS) is 15.8. The summed E-state index contributed by atoms with van der Waals surface area (Å²) < 4.78 is 37.2. The Bertz CT molecular complexity index is 753. The number of fused-ring (bicyclic) bond motifs is 1. The first-order chi connectivity index (χ1) is 11.9. The summed E-state index contributed by atoms with van der Waals surface area (Å²) in [7, 11) is 0. The number of nitrogens with zero attached hydrogens (tertiary/aromatic N) is 4. The Labute approximate surface area is 147 Å². The van der Waals surface area contributed by atoms with Crippen molar-refractivity contribution in [1.29, 1.82) is 0 Å². The molecular formula is C16H19F3N4OS. The fourth-order valence-corrected chi connectivity index (χ4v) is 4.00. The number of rotatable bonds is 4. The van der Waals surface area contributed by atoms with Crippen molar-refractivity contribution >= 4 is 33.3 Å². The van der Waals surface area contributed by atoms with Gasteiger partial charge in [0.1, 0.15) is 23.4 Å². The standard InChI is InChI=1S/C16H19F3N4OS/c1-2-3-11-9-25-15-13(11)14(20-10-21-15)23-6-4-22(5-7-23)12(24)8-16(17,18)19/h9-10H,2-8H2,1H3. The van der Waals surface area contributed by atoms with Gasteiger partial charge in [0.05, 0.1) is 5.39 Å². The Morgan fingerprint density at radius 2 is 1.96 bits per heavy atom. The van der Waals surface area contributed by atoms with Gasteiger partial charge in [0.15, 0.2) is 0 Å². The number of aryl methyl sites for hydroxylation is 1. The van der Waals surface area contributed by atoms with Crippen LogP contribution >= 0.6 is 11.3 Å². The van der Waals surface area contributed by atoms with Gasteiger partial charge in [-0.05, 0) is 17.4 Å². The highest BCUT2D eigenvalue weighted by Gasteiger charge is 2.34. The van der Waals surface area contributed by atoms with Crippen molar-refractivity contribution in [1.82, 2.24) is 14.9 Å². The van der Waals surface area contributed by atoms with E-state index in [2.05, 4.69) is 22.3 Å².